The molecule has 0 aromatic carbocycles. The van der Waals surface area contributed by atoms with Crippen molar-refractivity contribution < 1.29 is 4.74 Å². The largest absolute Gasteiger partial charge is 0.382 e. The Morgan fingerprint density at radius 1 is 1.43 bits per heavy atom. The molecule has 1 aromatic heterocycles. The van der Waals surface area contributed by atoms with Gasteiger partial charge in [0.25, 0.3) is 0 Å². The molecule has 0 radical (unpaired) electrons. The lowest BCUT2D eigenvalue weighted by molar-refractivity contribution is 0.145. The molecule has 120 valence electrons. The van der Waals surface area contributed by atoms with Gasteiger partial charge in [-0.05, 0) is 43.2 Å². The number of tetrazole rings is 1. The third kappa shape index (κ3) is 5.56. The van der Waals surface area contributed by atoms with Crippen LogP contribution in [0.25, 0.3) is 0 Å². The van der Waals surface area contributed by atoms with Crippen molar-refractivity contribution >= 4 is 11.8 Å². The highest BCUT2D eigenvalue weighted by molar-refractivity contribution is 7.99. The molecule has 1 saturated carbocycles. The molecule has 21 heavy (non-hydrogen) atoms. The van der Waals surface area contributed by atoms with Crippen molar-refractivity contribution in [3.63, 3.8) is 0 Å². The summed E-state index contributed by atoms with van der Waals surface area (Å²) >= 11 is 1.77. The zero-order valence-electron chi connectivity index (χ0n) is 13.1. The van der Waals surface area contributed by atoms with Crippen LogP contribution >= 0.6 is 11.8 Å². The van der Waals surface area contributed by atoms with Crippen molar-refractivity contribution in [3.8, 4) is 0 Å². The average Bonchev–Trinajstić information content (AvgIpc) is 3.13. The summed E-state index contributed by atoms with van der Waals surface area (Å²) in [6, 6.07) is 0.508. The maximum atomic E-state index is 5.32. The first-order chi connectivity index (χ1) is 10.3. The molecule has 1 unspecified atom stereocenters. The van der Waals surface area contributed by atoms with Gasteiger partial charge in [0, 0.05) is 25.0 Å². The Morgan fingerprint density at radius 3 is 3.00 bits per heavy atom. The second-order valence-electron chi connectivity index (χ2n) is 5.53. The fraction of sp³-hybridized carbons (Fsp3) is 0.929. The van der Waals surface area contributed by atoms with Crippen molar-refractivity contribution in [2.45, 2.75) is 62.4 Å². The molecule has 0 amide bonds. The summed E-state index contributed by atoms with van der Waals surface area (Å²) in [6.07, 6.45) is 6.08. The molecular weight excluding hydrogens is 286 g/mol. The van der Waals surface area contributed by atoms with E-state index in [1.807, 2.05) is 11.6 Å². The van der Waals surface area contributed by atoms with E-state index in [4.69, 9.17) is 4.74 Å². The van der Waals surface area contributed by atoms with Gasteiger partial charge in [-0.3, -0.25) is 0 Å². The summed E-state index contributed by atoms with van der Waals surface area (Å²) in [5.74, 6) is 0. The zero-order valence-corrected chi connectivity index (χ0v) is 13.9. The molecule has 7 heteroatoms. The molecule has 1 aliphatic rings. The van der Waals surface area contributed by atoms with Crippen LogP contribution in [-0.2, 0) is 4.74 Å². The lowest BCUT2D eigenvalue weighted by Crippen LogP contribution is -2.25. The van der Waals surface area contributed by atoms with Gasteiger partial charge in [-0.25, -0.2) is 4.68 Å². The number of aromatic nitrogens is 4. The standard InChI is InChI=1S/C14H27N5OS/c1-3-20-10-6-9-15-11-12(2)21-14-16-17-18-19(14)13-7-4-5-8-13/h12-13,15H,3-11H2,1-2H3. The number of rotatable bonds is 10. The summed E-state index contributed by atoms with van der Waals surface area (Å²) in [6.45, 7) is 7.85. The minimum absolute atomic E-state index is 0.461. The molecule has 0 bridgehead atoms. The molecule has 1 N–H and O–H groups in total. The van der Waals surface area contributed by atoms with Gasteiger partial charge >= 0.3 is 0 Å². The van der Waals surface area contributed by atoms with Crippen LogP contribution in [0.1, 0.15) is 52.0 Å². The van der Waals surface area contributed by atoms with Crippen molar-refractivity contribution in [3.05, 3.63) is 0 Å². The lowest BCUT2D eigenvalue weighted by atomic mass is 10.3. The Bertz CT molecular complexity index is 394. The predicted octanol–water partition coefficient (Wildman–Crippen LogP) is 2.29. The lowest BCUT2D eigenvalue weighted by Gasteiger charge is -2.14. The first-order valence-electron chi connectivity index (χ1n) is 8.04. The quantitative estimate of drug-likeness (QED) is 0.528. The minimum atomic E-state index is 0.461. The molecule has 1 fully saturated rings. The third-order valence-corrected chi connectivity index (χ3v) is 4.77. The molecule has 1 aliphatic carbocycles. The normalized spacial score (nSPS) is 17.4. The van der Waals surface area contributed by atoms with Crippen molar-refractivity contribution in [2.75, 3.05) is 26.3 Å². The van der Waals surface area contributed by atoms with Crippen molar-refractivity contribution in [1.29, 1.82) is 0 Å². The Labute approximate surface area is 131 Å². The molecule has 0 saturated heterocycles. The predicted molar refractivity (Wildman–Crippen MR) is 84.6 cm³/mol. The van der Waals surface area contributed by atoms with E-state index < -0.39 is 0 Å². The van der Waals surface area contributed by atoms with E-state index in [1.165, 1.54) is 25.7 Å². The van der Waals surface area contributed by atoms with Crippen molar-refractivity contribution in [2.24, 2.45) is 0 Å². The smallest absolute Gasteiger partial charge is 0.209 e. The number of ether oxygens (including phenoxy) is 1. The Hall–Kier alpha value is -0.660. The molecule has 2 rings (SSSR count). The second-order valence-corrected chi connectivity index (χ2v) is 6.93. The van der Waals surface area contributed by atoms with Crippen molar-refractivity contribution in [1.82, 2.24) is 25.5 Å². The fourth-order valence-corrected chi connectivity index (χ4v) is 3.55. The number of nitrogens with zero attached hydrogens (tertiary/aromatic N) is 4. The highest BCUT2D eigenvalue weighted by atomic mass is 32.2. The summed E-state index contributed by atoms with van der Waals surface area (Å²) < 4.78 is 7.35. The van der Waals surface area contributed by atoms with E-state index in [1.54, 1.807) is 11.8 Å². The SMILES string of the molecule is CCOCCCNCC(C)Sc1nnnn1C1CCCC1. The van der Waals surface area contributed by atoms with Gasteiger partial charge in [-0.1, -0.05) is 31.5 Å². The summed E-state index contributed by atoms with van der Waals surface area (Å²) in [5, 5.41) is 17.1. The number of thioether (sulfide) groups is 1. The van der Waals surface area contributed by atoms with Crippen LogP contribution in [0.5, 0.6) is 0 Å². The topological polar surface area (TPSA) is 64.9 Å². The number of nitrogens with one attached hydrogen (secondary N) is 1. The van der Waals surface area contributed by atoms with E-state index in [9.17, 15) is 0 Å². The molecule has 6 nitrogen and oxygen atoms in total. The highest BCUT2D eigenvalue weighted by Gasteiger charge is 2.22. The van der Waals surface area contributed by atoms with Gasteiger partial charge < -0.3 is 10.1 Å². The van der Waals surface area contributed by atoms with Crippen LogP contribution < -0.4 is 5.32 Å². The van der Waals surface area contributed by atoms with Crippen LogP contribution in [0.15, 0.2) is 5.16 Å². The van der Waals surface area contributed by atoms with Gasteiger partial charge in [0.2, 0.25) is 5.16 Å². The maximum Gasteiger partial charge on any atom is 0.209 e. The fourth-order valence-electron chi connectivity index (χ4n) is 2.61. The van der Waals surface area contributed by atoms with E-state index >= 15 is 0 Å². The van der Waals surface area contributed by atoms with E-state index in [2.05, 4.69) is 27.8 Å². The summed E-state index contributed by atoms with van der Waals surface area (Å²) in [4.78, 5) is 0. The molecule has 1 aromatic rings. The van der Waals surface area contributed by atoms with Gasteiger partial charge in [0.05, 0.1) is 6.04 Å². The molecule has 1 atom stereocenters. The second kappa shape index (κ2) is 9.38. The van der Waals surface area contributed by atoms with E-state index in [-0.39, 0.29) is 0 Å². The molecule has 1 heterocycles. The number of hydrogen-bond donors (Lipinski definition) is 1. The Morgan fingerprint density at radius 2 is 2.24 bits per heavy atom. The average molecular weight is 313 g/mol. The first kappa shape index (κ1) is 16.7. The van der Waals surface area contributed by atoms with Crippen LogP contribution in [0, 0.1) is 0 Å². The first-order valence-corrected chi connectivity index (χ1v) is 8.92. The van der Waals surface area contributed by atoms with Crippen LogP contribution in [0.4, 0.5) is 0 Å². The monoisotopic (exact) mass is 313 g/mol. The zero-order chi connectivity index (χ0) is 14.9. The molecule has 0 spiro atoms. The molecular formula is C14H27N5OS. The highest BCUT2D eigenvalue weighted by Crippen LogP contribution is 2.32. The van der Waals surface area contributed by atoms with Gasteiger partial charge in [-0.15, -0.1) is 5.10 Å². The number of hydrogen-bond acceptors (Lipinski definition) is 6. The third-order valence-electron chi connectivity index (χ3n) is 3.72. The van der Waals surface area contributed by atoms with E-state index in [0.29, 0.717) is 11.3 Å². The van der Waals surface area contributed by atoms with Gasteiger partial charge in [-0.2, -0.15) is 0 Å². The molecule has 0 aliphatic heterocycles. The Balaban J connectivity index is 1.68. The summed E-state index contributed by atoms with van der Waals surface area (Å²) in [5.41, 5.74) is 0. The summed E-state index contributed by atoms with van der Waals surface area (Å²) in [7, 11) is 0. The van der Waals surface area contributed by atoms with Crippen LogP contribution in [-0.4, -0.2) is 51.8 Å². The van der Waals surface area contributed by atoms with Crippen LogP contribution in [0.2, 0.25) is 0 Å². The Kier molecular flexibility index (Phi) is 7.46. The van der Waals surface area contributed by atoms with Gasteiger partial charge in [0.1, 0.15) is 0 Å². The van der Waals surface area contributed by atoms with Gasteiger partial charge in [0.15, 0.2) is 0 Å². The van der Waals surface area contributed by atoms with Crippen LogP contribution in [0.3, 0.4) is 0 Å². The van der Waals surface area contributed by atoms with E-state index in [0.717, 1.165) is 37.9 Å². The maximum absolute atomic E-state index is 5.32. The minimum Gasteiger partial charge on any atom is -0.382 e.